The summed E-state index contributed by atoms with van der Waals surface area (Å²) in [5.74, 6) is -2.99. The number of aromatic nitrogens is 2. The first-order valence-electron chi connectivity index (χ1n) is 4.48. The van der Waals surface area contributed by atoms with Crippen LogP contribution in [0.15, 0.2) is 24.5 Å². The molecule has 6 heteroatoms. The van der Waals surface area contributed by atoms with E-state index in [4.69, 9.17) is 5.73 Å². The van der Waals surface area contributed by atoms with Crippen LogP contribution < -0.4 is 5.73 Å². The van der Waals surface area contributed by atoms with Crippen LogP contribution in [0.3, 0.4) is 0 Å². The first-order valence-corrected chi connectivity index (χ1v) is 4.48. The monoisotopic (exact) mass is 227 g/mol. The highest BCUT2D eigenvalue weighted by atomic mass is 19.1. The van der Waals surface area contributed by atoms with Gasteiger partial charge in [-0.15, -0.1) is 0 Å². The Balaban J connectivity index is 2.48. The summed E-state index contributed by atoms with van der Waals surface area (Å²) in [5, 5.41) is 6.10. The van der Waals surface area contributed by atoms with Gasteiger partial charge in [0.2, 0.25) is 0 Å². The van der Waals surface area contributed by atoms with Crippen LogP contribution in [-0.2, 0) is 0 Å². The lowest BCUT2D eigenvalue weighted by atomic mass is 10.0. The molecule has 0 aliphatic heterocycles. The Labute approximate surface area is 89.1 Å². The summed E-state index contributed by atoms with van der Waals surface area (Å²) < 4.78 is 39.4. The molecule has 1 aromatic heterocycles. The molecule has 0 bridgehead atoms. The standard InChI is InChI=1S/C10H8F3N3/c11-6-1-7(12)9(8(13)2-6)10(14)5-3-15-16-4-5/h1-4,10H,14H2,(H,15,16). The number of aromatic amines is 1. The molecule has 2 rings (SSSR count). The van der Waals surface area contributed by atoms with Crippen LogP contribution >= 0.6 is 0 Å². The lowest BCUT2D eigenvalue weighted by molar-refractivity contribution is 0.515. The van der Waals surface area contributed by atoms with E-state index in [0.29, 0.717) is 17.7 Å². The molecule has 0 radical (unpaired) electrons. The van der Waals surface area contributed by atoms with Gasteiger partial charge in [0.15, 0.2) is 0 Å². The molecule has 0 saturated heterocycles. The van der Waals surface area contributed by atoms with Crippen LogP contribution in [0.5, 0.6) is 0 Å². The summed E-state index contributed by atoms with van der Waals surface area (Å²) in [7, 11) is 0. The van der Waals surface area contributed by atoms with Crippen LogP contribution in [-0.4, -0.2) is 10.2 Å². The molecular formula is C10H8F3N3. The molecule has 0 fully saturated rings. The van der Waals surface area contributed by atoms with Crippen LogP contribution in [0, 0.1) is 17.5 Å². The predicted octanol–water partition coefficient (Wildman–Crippen LogP) is 1.88. The van der Waals surface area contributed by atoms with E-state index in [-0.39, 0.29) is 5.56 Å². The third kappa shape index (κ3) is 1.79. The minimum absolute atomic E-state index is 0.372. The van der Waals surface area contributed by atoms with E-state index in [1.54, 1.807) is 0 Å². The van der Waals surface area contributed by atoms with E-state index in [9.17, 15) is 13.2 Å². The number of nitrogens with one attached hydrogen (secondary N) is 1. The summed E-state index contributed by atoms with van der Waals surface area (Å²) in [5.41, 5.74) is 5.70. The zero-order chi connectivity index (χ0) is 11.7. The van der Waals surface area contributed by atoms with Crippen molar-refractivity contribution in [1.82, 2.24) is 10.2 Å². The molecule has 3 nitrogen and oxygen atoms in total. The molecule has 1 aromatic carbocycles. The second-order valence-corrected chi connectivity index (χ2v) is 3.29. The van der Waals surface area contributed by atoms with Crippen molar-refractivity contribution in [3.05, 3.63) is 53.1 Å². The fourth-order valence-corrected chi connectivity index (χ4v) is 1.45. The summed E-state index contributed by atoms with van der Waals surface area (Å²) in [6.07, 6.45) is 2.78. The molecule has 0 saturated carbocycles. The van der Waals surface area contributed by atoms with Crippen LogP contribution in [0.25, 0.3) is 0 Å². The van der Waals surface area contributed by atoms with Crippen molar-refractivity contribution in [1.29, 1.82) is 0 Å². The van der Waals surface area contributed by atoms with Gasteiger partial charge < -0.3 is 5.73 Å². The molecule has 3 N–H and O–H groups in total. The topological polar surface area (TPSA) is 54.7 Å². The predicted molar refractivity (Wildman–Crippen MR) is 50.9 cm³/mol. The van der Waals surface area contributed by atoms with Crippen LogP contribution in [0.4, 0.5) is 13.2 Å². The van der Waals surface area contributed by atoms with Gasteiger partial charge in [-0.1, -0.05) is 0 Å². The normalized spacial score (nSPS) is 12.8. The third-order valence-electron chi connectivity index (χ3n) is 2.23. The highest BCUT2D eigenvalue weighted by Gasteiger charge is 2.20. The van der Waals surface area contributed by atoms with Gasteiger partial charge in [-0.05, 0) is 0 Å². The fraction of sp³-hybridized carbons (Fsp3) is 0.100. The number of hydrogen-bond donors (Lipinski definition) is 2. The lowest BCUT2D eigenvalue weighted by Gasteiger charge is -2.12. The second-order valence-electron chi connectivity index (χ2n) is 3.29. The maximum Gasteiger partial charge on any atom is 0.134 e. The van der Waals surface area contributed by atoms with Crippen molar-refractivity contribution in [2.75, 3.05) is 0 Å². The van der Waals surface area contributed by atoms with E-state index in [2.05, 4.69) is 10.2 Å². The van der Waals surface area contributed by atoms with Gasteiger partial charge in [0.25, 0.3) is 0 Å². The van der Waals surface area contributed by atoms with E-state index in [0.717, 1.165) is 0 Å². The second kappa shape index (κ2) is 3.97. The van der Waals surface area contributed by atoms with Gasteiger partial charge in [0.1, 0.15) is 17.5 Å². The zero-order valence-corrected chi connectivity index (χ0v) is 8.05. The largest absolute Gasteiger partial charge is 0.320 e. The highest BCUT2D eigenvalue weighted by Crippen LogP contribution is 2.24. The van der Waals surface area contributed by atoms with Crippen LogP contribution in [0.1, 0.15) is 17.2 Å². The van der Waals surface area contributed by atoms with E-state index < -0.39 is 23.5 Å². The highest BCUT2D eigenvalue weighted by molar-refractivity contribution is 5.31. The number of H-pyrrole nitrogens is 1. The van der Waals surface area contributed by atoms with Crippen molar-refractivity contribution in [2.24, 2.45) is 5.73 Å². The molecule has 0 aliphatic carbocycles. The molecule has 0 aliphatic rings. The van der Waals surface area contributed by atoms with Gasteiger partial charge >= 0.3 is 0 Å². The Morgan fingerprint density at radius 1 is 1.19 bits per heavy atom. The minimum Gasteiger partial charge on any atom is -0.320 e. The molecule has 1 heterocycles. The minimum atomic E-state index is -1.01. The molecule has 1 atom stereocenters. The average Bonchev–Trinajstić information content (AvgIpc) is 2.67. The number of nitrogens with two attached hydrogens (primary N) is 1. The summed E-state index contributed by atoms with van der Waals surface area (Å²) in [6, 6.07) is 0.177. The molecule has 84 valence electrons. The number of hydrogen-bond acceptors (Lipinski definition) is 2. The number of benzene rings is 1. The molecule has 1 unspecified atom stereocenters. The molecule has 2 aromatic rings. The van der Waals surface area contributed by atoms with Gasteiger partial charge in [-0.2, -0.15) is 5.10 Å². The van der Waals surface area contributed by atoms with Gasteiger partial charge in [0, 0.05) is 29.5 Å². The Morgan fingerprint density at radius 3 is 2.31 bits per heavy atom. The molecular weight excluding hydrogens is 219 g/mol. The Hall–Kier alpha value is -1.82. The van der Waals surface area contributed by atoms with Gasteiger partial charge in [0.05, 0.1) is 12.2 Å². The fourth-order valence-electron chi connectivity index (χ4n) is 1.45. The van der Waals surface area contributed by atoms with Gasteiger partial charge in [-0.25, -0.2) is 13.2 Å². The number of rotatable bonds is 2. The Kier molecular flexibility index (Phi) is 2.66. The Morgan fingerprint density at radius 2 is 1.81 bits per heavy atom. The summed E-state index contributed by atoms with van der Waals surface area (Å²) >= 11 is 0. The third-order valence-corrected chi connectivity index (χ3v) is 2.23. The number of nitrogens with zero attached hydrogens (tertiary/aromatic N) is 1. The van der Waals surface area contributed by atoms with Crippen molar-refractivity contribution < 1.29 is 13.2 Å². The quantitative estimate of drug-likeness (QED) is 0.822. The first-order chi connectivity index (χ1) is 7.59. The Bertz CT molecular complexity index is 473. The lowest BCUT2D eigenvalue weighted by Crippen LogP contribution is -2.15. The summed E-state index contributed by atoms with van der Waals surface area (Å²) in [4.78, 5) is 0. The number of halogens is 3. The molecule has 0 amide bonds. The van der Waals surface area contributed by atoms with Crippen molar-refractivity contribution in [2.45, 2.75) is 6.04 Å². The average molecular weight is 227 g/mol. The van der Waals surface area contributed by atoms with Crippen molar-refractivity contribution in [3.8, 4) is 0 Å². The first kappa shape index (κ1) is 10.7. The van der Waals surface area contributed by atoms with Crippen LogP contribution in [0.2, 0.25) is 0 Å². The van der Waals surface area contributed by atoms with Crippen molar-refractivity contribution in [3.63, 3.8) is 0 Å². The smallest absolute Gasteiger partial charge is 0.134 e. The van der Waals surface area contributed by atoms with Gasteiger partial charge in [-0.3, -0.25) is 5.10 Å². The van der Waals surface area contributed by atoms with E-state index in [1.165, 1.54) is 12.4 Å². The summed E-state index contributed by atoms with van der Waals surface area (Å²) in [6.45, 7) is 0. The SMILES string of the molecule is NC(c1cn[nH]c1)c1c(F)cc(F)cc1F. The molecule has 0 spiro atoms. The zero-order valence-electron chi connectivity index (χ0n) is 8.05. The maximum absolute atomic E-state index is 13.4. The molecule has 16 heavy (non-hydrogen) atoms. The van der Waals surface area contributed by atoms with E-state index >= 15 is 0 Å². The van der Waals surface area contributed by atoms with E-state index in [1.807, 2.05) is 0 Å². The van der Waals surface area contributed by atoms with Crippen molar-refractivity contribution >= 4 is 0 Å². The maximum atomic E-state index is 13.4.